The third-order valence-electron chi connectivity index (χ3n) is 4.56. The summed E-state index contributed by atoms with van der Waals surface area (Å²) in [5.74, 6) is 2.51. The molecule has 28 heavy (non-hydrogen) atoms. The largest absolute Gasteiger partial charge is 0.490 e. The van der Waals surface area contributed by atoms with Gasteiger partial charge in [-0.15, -0.1) is 24.0 Å². The maximum Gasteiger partial charge on any atom is 0.218 e. The number of rotatable bonds is 6. The van der Waals surface area contributed by atoms with Crippen LogP contribution in [0, 0.1) is 0 Å². The summed E-state index contributed by atoms with van der Waals surface area (Å²) in [5.41, 5.74) is 0.984. The SMILES string of the molecule is CCNC(=NCc1cccnc1OC)N1CCC(Oc2ccccc2)CC1.I. The summed E-state index contributed by atoms with van der Waals surface area (Å²) < 4.78 is 11.4. The molecule has 0 amide bonds. The predicted octanol–water partition coefficient (Wildman–Crippen LogP) is 3.72. The maximum atomic E-state index is 6.09. The zero-order chi connectivity index (χ0) is 18.9. The number of guanidine groups is 1. The van der Waals surface area contributed by atoms with Gasteiger partial charge in [0, 0.05) is 44.2 Å². The van der Waals surface area contributed by atoms with Crippen molar-refractivity contribution in [2.24, 2.45) is 4.99 Å². The van der Waals surface area contributed by atoms with Gasteiger partial charge in [-0.2, -0.15) is 0 Å². The summed E-state index contributed by atoms with van der Waals surface area (Å²) in [6.45, 7) is 5.32. The second-order valence-corrected chi connectivity index (χ2v) is 6.46. The lowest BCUT2D eigenvalue weighted by atomic mass is 10.1. The minimum Gasteiger partial charge on any atom is -0.490 e. The van der Waals surface area contributed by atoms with E-state index in [4.69, 9.17) is 14.5 Å². The molecule has 0 bridgehead atoms. The molecule has 2 aromatic rings. The number of para-hydroxylation sites is 1. The number of methoxy groups -OCH3 is 1. The summed E-state index contributed by atoms with van der Waals surface area (Å²) in [6, 6.07) is 14.0. The smallest absolute Gasteiger partial charge is 0.218 e. The van der Waals surface area contributed by atoms with E-state index >= 15 is 0 Å². The lowest BCUT2D eigenvalue weighted by Crippen LogP contribution is -2.47. The van der Waals surface area contributed by atoms with Crippen LogP contribution in [0.25, 0.3) is 0 Å². The summed E-state index contributed by atoms with van der Waals surface area (Å²) in [7, 11) is 1.64. The number of nitrogens with one attached hydrogen (secondary N) is 1. The highest BCUT2D eigenvalue weighted by Gasteiger charge is 2.22. The number of piperidine rings is 1. The Bertz CT molecular complexity index is 734. The summed E-state index contributed by atoms with van der Waals surface area (Å²) >= 11 is 0. The molecule has 1 aliphatic rings. The van der Waals surface area contributed by atoms with Crippen LogP contribution in [0.2, 0.25) is 0 Å². The first kappa shape index (κ1) is 22.3. The minimum atomic E-state index is 0. The Labute approximate surface area is 184 Å². The van der Waals surface area contributed by atoms with Crippen molar-refractivity contribution in [2.75, 3.05) is 26.7 Å². The van der Waals surface area contributed by atoms with E-state index in [0.29, 0.717) is 12.4 Å². The molecule has 0 unspecified atom stereocenters. The Balaban J connectivity index is 0.00000280. The number of hydrogen-bond acceptors (Lipinski definition) is 4. The molecule has 3 rings (SSSR count). The second kappa shape index (κ2) is 11.7. The molecule has 1 aromatic heterocycles. The van der Waals surface area contributed by atoms with E-state index < -0.39 is 0 Å². The number of pyridine rings is 1. The van der Waals surface area contributed by atoms with Gasteiger partial charge >= 0.3 is 0 Å². The fourth-order valence-electron chi connectivity index (χ4n) is 3.19. The number of ether oxygens (including phenoxy) is 2. The number of aromatic nitrogens is 1. The predicted molar refractivity (Wildman–Crippen MR) is 123 cm³/mol. The average molecular weight is 496 g/mol. The first-order valence-electron chi connectivity index (χ1n) is 9.53. The molecule has 1 fully saturated rings. The minimum absolute atomic E-state index is 0. The van der Waals surface area contributed by atoms with Crippen molar-refractivity contribution in [3.63, 3.8) is 0 Å². The van der Waals surface area contributed by atoms with Crippen LogP contribution < -0.4 is 14.8 Å². The molecule has 6 nitrogen and oxygen atoms in total. The topological polar surface area (TPSA) is 59.0 Å². The van der Waals surface area contributed by atoms with Crippen molar-refractivity contribution in [3.8, 4) is 11.6 Å². The van der Waals surface area contributed by atoms with Crippen molar-refractivity contribution < 1.29 is 9.47 Å². The molecular formula is C21H29IN4O2. The van der Waals surface area contributed by atoms with Gasteiger partial charge in [0.1, 0.15) is 11.9 Å². The van der Waals surface area contributed by atoms with Crippen LogP contribution in [0.1, 0.15) is 25.3 Å². The number of benzene rings is 1. The van der Waals surface area contributed by atoms with Crippen LogP contribution >= 0.6 is 24.0 Å². The second-order valence-electron chi connectivity index (χ2n) is 6.46. The van der Waals surface area contributed by atoms with Crippen LogP contribution in [0.4, 0.5) is 0 Å². The fraction of sp³-hybridized carbons (Fsp3) is 0.429. The van der Waals surface area contributed by atoms with Gasteiger partial charge in [0.2, 0.25) is 5.88 Å². The molecule has 152 valence electrons. The number of likely N-dealkylation sites (tertiary alicyclic amines) is 1. The van der Waals surface area contributed by atoms with E-state index in [-0.39, 0.29) is 30.1 Å². The van der Waals surface area contributed by atoms with Crippen molar-refractivity contribution in [1.29, 1.82) is 0 Å². The number of halogens is 1. The molecule has 1 aliphatic heterocycles. The normalized spacial score (nSPS) is 14.9. The van der Waals surface area contributed by atoms with Crippen molar-refractivity contribution >= 4 is 29.9 Å². The van der Waals surface area contributed by atoms with Gasteiger partial charge in [0.15, 0.2) is 5.96 Å². The van der Waals surface area contributed by atoms with Gasteiger partial charge in [-0.05, 0) is 25.1 Å². The third-order valence-corrected chi connectivity index (χ3v) is 4.56. The standard InChI is InChI=1S/C21H28N4O2.HI/c1-3-22-21(24-16-17-8-7-13-23-20(17)26-2)25-14-11-19(12-15-25)27-18-9-5-4-6-10-18;/h4-10,13,19H,3,11-12,14-16H2,1-2H3,(H,22,24);1H. The lowest BCUT2D eigenvalue weighted by Gasteiger charge is -2.34. The summed E-state index contributed by atoms with van der Waals surface area (Å²) in [4.78, 5) is 11.3. The molecule has 0 radical (unpaired) electrons. The van der Waals surface area contributed by atoms with Crippen molar-refractivity contribution in [1.82, 2.24) is 15.2 Å². The van der Waals surface area contributed by atoms with Gasteiger partial charge in [-0.3, -0.25) is 0 Å². The summed E-state index contributed by atoms with van der Waals surface area (Å²) in [5, 5.41) is 3.40. The van der Waals surface area contributed by atoms with Crippen LogP contribution in [-0.4, -0.2) is 48.7 Å². The van der Waals surface area contributed by atoms with E-state index in [2.05, 4.69) is 22.1 Å². The van der Waals surface area contributed by atoms with Gasteiger partial charge in [-0.25, -0.2) is 9.98 Å². The van der Waals surface area contributed by atoms with Gasteiger partial charge < -0.3 is 19.7 Å². The van der Waals surface area contributed by atoms with Gasteiger partial charge in [0.25, 0.3) is 0 Å². The molecule has 2 heterocycles. The van der Waals surface area contributed by atoms with Crippen LogP contribution in [0.3, 0.4) is 0 Å². The van der Waals surface area contributed by atoms with Gasteiger partial charge in [-0.1, -0.05) is 24.3 Å². The number of aliphatic imine (C=N–C) groups is 1. The molecule has 0 spiro atoms. The Morgan fingerprint density at radius 2 is 1.93 bits per heavy atom. The Morgan fingerprint density at radius 3 is 2.61 bits per heavy atom. The zero-order valence-corrected chi connectivity index (χ0v) is 18.8. The third kappa shape index (κ3) is 6.25. The van der Waals surface area contributed by atoms with E-state index in [9.17, 15) is 0 Å². The maximum absolute atomic E-state index is 6.09. The van der Waals surface area contributed by atoms with E-state index in [1.807, 2.05) is 42.5 Å². The monoisotopic (exact) mass is 496 g/mol. The molecule has 7 heteroatoms. The molecular weight excluding hydrogens is 467 g/mol. The number of hydrogen-bond donors (Lipinski definition) is 1. The number of nitrogens with zero attached hydrogens (tertiary/aromatic N) is 3. The molecule has 1 aromatic carbocycles. The first-order valence-corrected chi connectivity index (χ1v) is 9.53. The molecule has 0 saturated carbocycles. The Kier molecular flexibility index (Phi) is 9.33. The van der Waals surface area contributed by atoms with Crippen LogP contribution in [-0.2, 0) is 6.54 Å². The lowest BCUT2D eigenvalue weighted by molar-refractivity contribution is 0.129. The van der Waals surface area contributed by atoms with Gasteiger partial charge in [0.05, 0.1) is 13.7 Å². The Morgan fingerprint density at radius 1 is 1.18 bits per heavy atom. The molecule has 0 aliphatic carbocycles. The molecule has 1 N–H and O–H groups in total. The van der Waals surface area contributed by atoms with Crippen molar-refractivity contribution in [2.45, 2.75) is 32.4 Å². The molecule has 0 atom stereocenters. The first-order chi connectivity index (χ1) is 13.3. The van der Waals surface area contributed by atoms with E-state index in [0.717, 1.165) is 49.7 Å². The Hall–Kier alpha value is -2.03. The van der Waals surface area contributed by atoms with Crippen LogP contribution in [0.5, 0.6) is 11.6 Å². The quantitative estimate of drug-likeness (QED) is 0.376. The highest BCUT2D eigenvalue weighted by Crippen LogP contribution is 2.19. The highest BCUT2D eigenvalue weighted by atomic mass is 127. The summed E-state index contributed by atoms with van der Waals surface area (Å²) in [6.07, 6.45) is 3.95. The molecule has 1 saturated heterocycles. The van der Waals surface area contributed by atoms with Crippen molar-refractivity contribution in [3.05, 3.63) is 54.2 Å². The average Bonchev–Trinajstić information content (AvgIpc) is 2.73. The fourth-order valence-corrected chi connectivity index (χ4v) is 3.19. The highest BCUT2D eigenvalue weighted by molar-refractivity contribution is 14.0. The zero-order valence-electron chi connectivity index (χ0n) is 16.5. The van der Waals surface area contributed by atoms with Crippen LogP contribution in [0.15, 0.2) is 53.7 Å². The van der Waals surface area contributed by atoms with E-state index in [1.165, 1.54) is 0 Å². The van der Waals surface area contributed by atoms with E-state index in [1.54, 1.807) is 13.3 Å².